The second-order valence-electron chi connectivity index (χ2n) is 6.27. The molecule has 0 aromatic heterocycles. The van der Waals surface area contributed by atoms with Crippen molar-refractivity contribution in [3.8, 4) is 0 Å². The van der Waals surface area contributed by atoms with E-state index in [0.29, 0.717) is 5.54 Å². The van der Waals surface area contributed by atoms with Crippen molar-refractivity contribution in [3.63, 3.8) is 0 Å². The van der Waals surface area contributed by atoms with Crippen molar-refractivity contribution in [2.24, 2.45) is 0 Å². The van der Waals surface area contributed by atoms with Crippen LogP contribution < -0.4 is 5.32 Å². The van der Waals surface area contributed by atoms with Crippen LogP contribution in [0.3, 0.4) is 0 Å². The molecule has 2 heterocycles. The molecule has 1 N–H and O–H groups in total. The number of hydrogen-bond donors (Lipinski definition) is 1. The number of likely N-dealkylation sites (tertiary alicyclic amines) is 1. The smallest absolute Gasteiger partial charge is 0.0484 e. The first-order valence-electron chi connectivity index (χ1n) is 7.76. The van der Waals surface area contributed by atoms with Gasteiger partial charge in [0.25, 0.3) is 0 Å². The van der Waals surface area contributed by atoms with Crippen LogP contribution in [0, 0.1) is 13.8 Å². The van der Waals surface area contributed by atoms with Crippen molar-refractivity contribution in [1.29, 1.82) is 0 Å². The zero-order chi connectivity index (χ0) is 13.3. The van der Waals surface area contributed by atoms with Gasteiger partial charge in [-0.2, -0.15) is 0 Å². The van der Waals surface area contributed by atoms with Gasteiger partial charge in [0.1, 0.15) is 0 Å². The molecule has 104 valence electrons. The van der Waals surface area contributed by atoms with Crippen molar-refractivity contribution in [2.45, 2.75) is 45.1 Å². The molecule has 19 heavy (non-hydrogen) atoms. The molecule has 0 amide bonds. The number of piperidine rings is 1. The Morgan fingerprint density at radius 1 is 1.00 bits per heavy atom. The van der Waals surface area contributed by atoms with Crippen molar-refractivity contribution < 1.29 is 0 Å². The molecule has 2 nitrogen and oxygen atoms in total. The van der Waals surface area contributed by atoms with Gasteiger partial charge >= 0.3 is 0 Å². The zero-order valence-corrected chi connectivity index (χ0v) is 12.3. The monoisotopic (exact) mass is 258 g/mol. The second kappa shape index (κ2) is 5.26. The van der Waals surface area contributed by atoms with Crippen LogP contribution in [0.1, 0.15) is 42.4 Å². The number of nitrogens with zero attached hydrogens (tertiary/aromatic N) is 1. The van der Waals surface area contributed by atoms with Gasteiger partial charge < -0.3 is 5.32 Å². The molecular formula is C17H26N2. The van der Waals surface area contributed by atoms with E-state index >= 15 is 0 Å². The van der Waals surface area contributed by atoms with Crippen molar-refractivity contribution in [3.05, 3.63) is 34.9 Å². The van der Waals surface area contributed by atoms with E-state index in [4.69, 9.17) is 0 Å². The number of rotatable bonds is 2. The van der Waals surface area contributed by atoms with Gasteiger partial charge in [-0.05, 0) is 82.4 Å². The van der Waals surface area contributed by atoms with Gasteiger partial charge in [0, 0.05) is 5.54 Å². The Morgan fingerprint density at radius 2 is 1.68 bits per heavy atom. The van der Waals surface area contributed by atoms with Crippen LogP contribution >= 0.6 is 0 Å². The number of aryl methyl sites for hydroxylation is 2. The lowest BCUT2D eigenvalue weighted by atomic mass is 9.79. The molecule has 0 unspecified atom stereocenters. The van der Waals surface area contributed by atoms with Crippen LogP contribution in [-0.4, -0.2) is 31.1 Å². The average Bonchev–Trinajstić information content (AvgIpc) is 2.97. The number of hydrogen-bond acceptors (Lipinski definition) is 2. The lowest BCUT2D eigenvalue weighted by Crippen LogP contribution is -2.51. The van der Waals surface area contributed by atoms with Crippen LogP contribution in [-0.2, 0) is 5.54 Å². The molecular weight excluding hydrogens is 232 g/mol. The lowest BCUT2D eigenvalue weighted by Gasteiger charge is -2.45. The normalized spacial score (nSPS) is 23.7. The van der Waals surface area contributed by atoms with Gasteiger partial charge in [-0.15, -0.1) is 0 Å². The minimum absolute atomic E-state index is 0.306. The molecule has 0 bridgehead atoms. The summed E-state index contributed by atoms with van der Waals surface area (Å²) in [5, 5.41) is 3.53. The summed E-state index contributed by atoms with van der Waals surface area (Å²) in [5.74, 6) is 0. The molecule has 0 saturated carbocycles. The van der Waals surface area contributed by atoms with E-state index in [1.807, 2.05) is 0 Å². The Balaban J connectivity index is 1.99. The molecule has 2 aliphatic rings. The van der Waals surface area contributed by atoms with Gasteiger partial charge in [0.15, 0.2) is 0 Å². The predicted molar refractivity (Wildman–Crippen MR) is 80.5 cm³/mol. The van der Waals surface area contributed by atoms with E-state index in [2.05, 4.69) is 42.3 Å². The molecule has 0 atom stereocenters. The first-order valence-corrected chi connectivity index (χ1v) is 7.76. The van der Waals surface area contributed by atoms with E-state index in [-0.39, 0.29) is 0 Å². The van der Waals surface area contributed by atoms with Crippen molar-refractivity contribution >= 4 is 0 Å². The highest BCUT2D eigenvalue weighted by molar-refractivity contribution is 5.35. The van der Waals surface area contributed by atoms with Gasteiger partial charge in [0.05, 0.1) is 0 Å². The summed E-state index contributed by atoms with van der Waals surface area (Å²) < 4.78 is 0. The third-order valence-electron chi connectivity index (χ3n) is 5.19. The summed E-state index contributed by atoms with van der Waals surface area (Å²) in [6.45, 7) is 9.34. The van der Waals surface area contributed by atoms with Crippen LogP contribution in [0.5, 0.6) is 0 Å². The molecule has 1 aromatic rings. The summed E-state index contributed by atoms with van der Waals surface area (Å²) in [4.78, 5) is 2.76. The lowest BCUT2D eigenvalue weighted by molar-refractivity contribution is 0.0777. The molecule has 0 aliphatic carbocycles. The van der Waals surface area contributed by atoms with Crippen LogP contribution in [0.2, 0.25) is 0 Å². The number of nitrogens with one attached hydrogen (secondary N) is 1. The summed E-state index contributed by atoms with van der Waals surface area (Å²) >= 11 is 0. The fourth-order valence-corrected chi connectivity index (χ4v) is 3.80. The quantitative estimate of drug-likeness (QED) is 0.877. The first-order chi connectivity index (χ1) is 9.22. The molecule has 1 aromatic carbocycles. The van der Waals surface area contributed by atoms with Crippen molar-refractivity contribution in [1.82, 2.24) is 10.2 Å². The Hall–Kier alpha value is -0.860. The van der Waals surface area contributed by atoms with Gasteiger partial charge in [-0.3, -0.25) is 4.90 Å². The average molecular weight is 258 g/mol. The molecule has 2 fully saturated rings. The molecule has 2 heteroatoms. The summed E-state index contributed by atoms with van der Waals surface area (Å²) in [7, 11) is 0. The standard InChI is InChI=1S/C17H26N2/c1-14-5-6-16(13-15(14)2)17(7-9-18-10-8-17)19-11-3-4-12-19/h5-6,13,18H,3-4,7-12H2,1-2H3. The maximum atomic E-state index is 3.53. The third kappa shape index (κ3) is 2.32. The fraction of sp³-hybridized carbons (Fsp3) is 0.647. The van der Waals surface area contributed by atoms with Crippen molar-refractivity contribution in [2.75, 3.05) is 26.2 Å². The Labute approximate surface area is 117 Å². The van der Waals surface area contributed by atoms with Gasteiger partial charge in [-0.25, -0.2) is 0 Å². The Kier molecular flexibility index (Phi) is 3.64. The minimum atomic E-state index is 0.306. The van der Waals surface area contributed by atoms with Crippen LogP contribution in [0.25, 0.3) is 0 Å². The Morgan fingerprint density at radius 3 is 2.32 bits per heavy atom. The topological polar surface area (TPSA) is 15.3 Å². The first kappa shape index (κ1) is 13.1. The zero-order valence-electron chi connectivity index (χ0n) is 12.3. The summed E-state index contributed by atoms with van der Waals surface area (Å²) in [6, 6.07) is 7.13. The summed E-state index contributed by atoms with van der Waals surface area (Å²) in [6.07, 6.45) is 5.27. The Bertz CT molecular complexity index is 441. The maximum Gasteiger partial charge on any atom is 0.0484 e. The van der Waals surface area contributed by atoms with E-state index in [1.54, 1.807) is 5.56 Å². The minimum Gasteiger partial charge on any atom is -0.317 e. The van der Waals surface area contributed by atoms with E-state index in [9.17, 15) is 0 Å². The summed E-state index contributed by atoms with van der Waals surface area (Å²) in [5.41, 5.74) is 4.71. The largest absolute Gasteiger partial charge is 0.317 e. The van der Waals surface area contributed by atoms with Gasteiger partial charge in [-0.1, -0.05) is 18.2 Å². The van der Waals surface area contributed by atoms with E-state index < -0.39 is 0 Å². The van der Waals surface area contributed by atoms with Crippen LogP contribution in [0.4, 0.5) is 0 Å². The molecule has 2 saturated heterocycles. The number of benzene rings is 1. The highest BCUT2D eigenvalue weighted by Crippen LogP contribution is 2.39. The molecule has 0 radical (unpaired) electrons. The maximum absolute atomic E-state index is 3.53. The molecule has 3 rings (SSSR count). The van der Waals surface area contributed by atoms with Gasteiger partial charge in [0.2, 0.25) is 0 Å². The second-order valence-corrected chi connectivity index (χ2v) is 6.27. The van der Waals surface area contributed by atoms with Crippen LogP contribution in [0.15, 0.2) is 18.2 Å². The third-order valence-corrected chi connectivity index (χ3v) is 5.19. The highest BCUT2D eigenvalue weighted by atomic mass is 15.2. The fourth-order valence-electron chi connectivity index (χ4n) is 3.80. The molecule has 0 spiro atoms. The van der Waals surface area contributed by atoms with E-state index in [1.165, 1.54) is 49.9 Å². The predicted octanol–water partition coefficient (Wildman–Crippen LogP) is 2.98. The highest BCUT2D eigenvalue weighted by Gasteiger charge is 2.40. The molecule has 2 aliphatic heterocycles. The van der Waals surface area contributed by atoms with E-state index in [0.717, 1.165) is 13.1 Å². The SMILES string of the molecule is Cc1ccc(C2(N3CCCC3)CCNCC2)cc1C.